The summed E-state index contributed by atoms with van der Waals surface area (Å²) in [6.45, 7) is 14.7. The molecule has 1 aromatic heterocycles. The van der Waals surface area contributed by atoms with Crippen molar-refractivity contribution in [2.75, 3.05) is 31.9 Å². The molecule has 5 aromatic rings. The van der Waals surface area contributed by atoms with E-state index in [1.807, 2.05) is 63.3 Å². The highest BCUT2D eigenvalue weighted by atomic mass is 32.1. The molecule has 1 aliphatic carbocycles. The van der Waals surface area contributed by atoms with E-state index in [9.17, 15) is 19.2 Å². The summed E-state index contributed by atoms with van der Waals surface area (Å²) in [5.41, 5.74) is 7.77. The highest BCUT2D eigenvalue weighted by Crippen LogP contribution is 2.39. The fourth-order valence-electron chi connectivity index (χ4n) is 7.03. The number of fused-ring (bicyclic) bond motifs is 1. The van der Waals surface area contributed by atoms with Gasteiger partial charge in [-0.3, -0.25) is 10.2 Å². The van der Waals surface area contributed by atoms with Gasteiger partial charge in [-0.15, -0.1) is 0 Å². The van der Waals surface area contributed by atoms with Gasteiger partial charge in [0.15, 0.2) is 5.78 Å². The predicted octanol–water partition coefficient (Wildman–Crippen LogP) is 11.9. The number of hydrogen-bond donors (Lipinski definition) is 1. The first-order valence-corrected chi connectivity index (χ1v) is 23.3. The number of aromatic nitrogens is 1. The van der Waals surface area contributed by atoms with Gasteiger partial charge in [-0.2, -0.15) is 5.10 Å². The van der Waals surface area contributed by atoms with Crippen LogP contribution < -0.4 is 19.6 Å². The van der Waals surface area contributed by atoms with Crippen LogP contribution in [0, 0.1) is 5.41 Å². The molecule has 0 saturated carbocycles. The van der Waals surface area contributed by atoms with Crippen molar-refractivity contribution in [3.63, 3.8) is 0 Å². The molecule has 0 spiro atoms. The molecule has 348 valence electrons. The Morgan fingerprint density at radius 3 is 1.76 bits per heavy atom. The number of thiazole rings is 1. The van der Waals surface area contributed by atoms with Gasteiger partial charge >= 0.3 is 17.9 Å². The smallest absolute Gasteiger partial charge is 0.343 e. The van der Waals surface area contributed by atoms with Crippen molar-refractivity contribution in [3.8, 4) is 17.2 Å². The first kappa shape index (κ1) is 49.3. The number of rotatable bonds is 26. The summed E-state index contributed by atoms with van der Waals surface area (Å²) in [7, 11) is 0. The van der Waals surface area contributed by atoms with E-state index in [0.29, 0.717) is 76.8 Å². The second-order valence-corrected chi connectivity index (χ2v) is 17.7. The highest BCUT2D eigenvalue weighted by molar-refractivity contribution is 7.22. The minimum absolute atomic E-state index is 0.138. The number of benzene rings is 4. The molecule has 6 rings (SSSR count). The van der Waals surface area contributed by atoms with E-state index in [4.69, 9.17) is 33.8 Å². The van der Waals surface area contributed by atoms with Gasteiger partial charge in [0, 0.05) is 34.3 Å². The third kappa shape index (κ3) is 14.4. The Balaban J connectivity index is 1.13. The van der Waals surface area contributed by atoms with Crippen LogP contribution >= 0.6 is 11.3 Å². The minimum Gasteiger partial charge on any atom is -0.494 e. The van der Waals surface area contributed by atoms with E-state index in [0.717, 1.165) is 84.9 Å². The molecule has 0 aliphatic heterocycles. The highest BCUT2D eigenvalue weighted by Gasteiger charge is 2.30. The molecule has 0 atom stereocenters. The first-order chi connectivity index (χ1) is 32.4. The zero-order valence-electron chi connectivity index (χ0n) is 38.3. The average molecular weight is 924 g/mol. The van der Waals surface area contributed by atoms with Crippen molar-refractivity contribution in [3.05, 3.63) is 156 Å². The number of para-hydroxylation sites is 1. The number of esters is 3. The summed E-state index contributed by atoms with van der Waals surface area (Å²) >= 11 is 1.49. The van der Waals surface area contributed by atoms with Gasteiger partial charge in [0.2, 0.25) is 5.13 Å². The van der Waals surface area contributed by atoms with E-state index >= 15 is 0 Å². The molecular weight excluding hydrogens is 867 g/mol. The Hall–Kier alpha value is -7.12. The van der Waals surface area contributed by atoms with Crippen molar-refractivity contribution in [2.45, 2.75) is 72.1 Å². The standard InChI is InChI=1S/C54H57N3O9S/c1-6-48(58)64-34-16-10-8-14-32-62-39-24-20-37(21-25-39)50(60)44-31-30-42(44)43-29-28-41(36-45(43)51(54(3,4)5)56-57-53-55-46-18-12-13-19-47(46)67-53)66-52(61)38-22-26-40(27-23-38)63-33-15-9-11-17-35-65-49(59)7-2/h6-7,12-13,18-31,36H,1-2,8-11,14-17,32-35H2,3-5H3,(H,55,57)/b56-51-. The minimum atomic E-state index is -0.543. The van der Waals surface area contributed by atoms with Crippen molar-refractivity contribution in [2.24, 2.45) is 10.5 Å². The monoisotopic (exact) mass is 923 g/mol. The van der Waals surface area contributed by atoms with Gasteiger partial charge < -0.3 is 23.7 Å². The summed E-state index contributed by atoms with van der Waals surface area (Å²) in [6.07, 6.45) is 13.0. The van der Waals surface area contributed by atoms with Crippen LogP contribution in [0.1, 0.15) is 104 Å². The van der Waals surface area contributed by atoms with E-state index in [2.05, 4.69) is 18.6 Å². The fourth-order valence-corrected chi connectivity index (χ4v) is 7.83. The summed E-state index contributed by atoms with van der Waals surface area (Å²) in [5.74, 6) is 0.112. The summed E-state index contributed by atoms with van der Waals surface area (Å²) in [4.78, 5) is 54.7. The number of nitrogens with one attached hydrogen (secondary N) is 1. The summed E-state index contributed by atoms with van der Waals surface area (Å²) in [6, 6.07) is 27.2. The molecule has 0 amide bonds. The number of Topliss-reactive ketones (excluding diaryl/α,β-unsaturated/α-hetero) is 1. The third-order valence-corrected chi connectivity index (χ3v) is 11.6. The number of carbonyl (C=O) groups is 4. The van der Waals surface area contributed by atoms with Crippen molar-refractivity contribution in [1.82, 2.24) is 4.98 Å². The number of ether oxygens (including phenoxy) is 5. The molecular formula is C54H57N3O9S. The molecule has 13 heteroatoms. The maximum atomic E-state index is 14.1. The Kier molecular flexibility index (Phi) is 18.0. The molecule has 0 fully saturated rings. The van der Waals surface area contributed by atoms with Crippen LogP contribution in [0.2, 0.25) is 0 Å². The van der Waals surface area contributed by atoms with Crippen LogP contribution in [0.15, 0.2) is 139 Å². The van der Waals surface area contributed by atoms with Gasteiger partial charge in [0.1, 0.15) is 17.2 Å². The van der Waals surface area contributed by atoms with Crippen LogP contribution in [0.25, 0.3) is 15.8 Å². The molecule has 67 heavy (non-hydrogen) atoms. The van der Waals surface area contributed by atoms with Crippen LogP contribution in [-0.2, 0) is 19.1 Å². The molecule has 1 N–H and O–H groups in total. The van der Waals surface area contributed by atoms with E-state index in [-0.39, 0.29) is 5.78 Å². The van der Waals surface area contributed by atoms with Crippen molar-refractivity contribution in [1.29, 1.82) is 0 Å². The van der Waals surface area contributed by atoms with E-state index in [1.54, 1.807) is 60.7 Å². The fraction of sp³-hybridized carbons (Fsp3) is 0.296. The second kappa shape index (κ2) is 24.4. The Bertz CT molecular complexity index is 2600. The molecule has 12 nitrogen and oxygen atoms in total. The third-order valence-electron chi connectivity index (χ3n) is 10.6. The molecule has 1 heterocycles. The maximum Gasteiger partial charge on any atom is 0.343 e. The van der Waals surface area contributed by atoms with Crippen LogP contribution in [0.4, 0.5) is 5.13 Å². The molecule has 0 saturated heterocycles. The lowest BCUT2D eigenvalue weighted by Gasteiger charge is -2.27. The zero-order chi connectivity index (χ0) is 47.6. The number of unbranched alkanes of at least 4 members (excludes halogenated alkanes) is 6. The molecule has 0 bridgehead atoms. The van der Waals surface area contributed by atoms with Crippen LogP contribution in [0.5, 0.6) is 17.2 Å². The van der Waals surface area contributed by atoms with Gasteiger partial charge in [0.25, 0.3) is 0 Å². The largest absolute Gasteiger partial charge is 0.494 e. The van der Waals surface area contributed by atoms with Gasteiger partial charge in [-0.25, -0.2) is 19.4 Å². The Labute approximate surface area is 396 Å². The Morgan fingerprint density at radius 1 is 0.672 bits per heavy atom. The average Bonchev–Trinajstić information content (AvgIpc) is 3.74. The number of hydrazone groups is 1. The van der Waals surface area contributed by atoms with Crippen LogP contribution in [0.3, 0.4) is 0 Å². The summed E-state index contributed by atoms with van der Waals surface area (Å²) in [5, 5.41) is 5.57. The van der Waals surface area contributed by atoms with Gasteiger partial charge in [0.05, 0.1) is 47.9 Å². The number of carbonyl (C=O) groups excluding carboxylic acids is 4. The zero-order valence-corrected chi connectivity index (χ0v) is 39.2. The normalized spacial score (nSPS) is 12.3. The number of nitrogens with zero attached hydrogens (tertiary/aromatic N) is 2. The quantitative estimate of drug-likeness (QED) is 0.0107. The van der Waals surface area contributed by atoms with E-state index in [1.165, 1.54) is 11.3 Å². The van der Waals surface area contributed by atoms with Crippen LogP contribution in [-0.4, -0.2) is 60.8 Å². The number of hydrogen-bond acceptors (Lipinski definition) is 13. The second-order valence-electron chi connectivity index (χ2n) is 16.7. The lowest BCUT2D eigenvalue weighted by molar-refractivity contribution is -0.138. The van der Waals surface area contributed by atoms with Crippen molar-refractivity contribution >= 4 is 61.7 Å². The predicted molar refractivity (Wildman–Crippen MR) is 264 cm³/mol. The SMILES string of the molecule is C=CC(=O)OCCCCCCOc1ccc(C(=O)Oc2ccc(C3=CC=C3C(=O)c3ccc(OCCCCCCOC(=O)C=C)cc3)c(/C(=N/Nc3nc4ccccc4s3)C(C)(C)C)c2)cc1. The maximum absolute atomic E-state index is 14.1. The van der Waals surface area contributed by atoms with E-state index < -0.39 is 23.3 Å². The molecule has 0 radical (unpaired) electrons. The summed E-state index contributed by atoms with van der Waals surface area (Å²) < 4.78 is 28.9. The molecule has 1 aliphatic rings. The van der Waals surface area contributed by atoms with Crippen molar-refractivity contribution < 1.29 is 42.9 Å². The van der Waals surface area contributed by atoms with Gasteiger partial charge in [-0.05, 0) is 147 Å². The number of allylic oxidation sites excluding steroid dienone is 4. The number of ketones is 1. The molecule has 4 aromatic carbocycles. The van der Waals surface area contributed by atoms with Gasteiger partial charge in [-0.1, -0.05) is 63.5 Å². The number of anilines is 1. The lowest BCUT2D eigenvalue weighted by Crippen LogP contribution is -2.25. The topological polar surface area (TPSA) is 152 Å². The Morgan fingerprint density at radius 2 is 1.22 bits per heavy atom. The molecule has 0 unspecified atom stereocenters. The lowest BCUT2D eigenvalue weighted by atomic mass is 9.78. The first-order valence-electron chi connectivity index (χ1n) is 22.5.